The van der Waals surface area contributed by atoms with Crippen LogP contribution in [-0.2, 0) is 6.42 Å². The molecule has 18 heavy (non-hydrogen) atoms. The number of rotatable bonds is 4. The highest BCUT2D eigenvalue weighted by Gasteiger charge is 2.04. The topological polar surface area (TPSA) is 37.8 Å². The molecule has 0 amide bonds. The number of aromatic nitrogens is 2. The van der Waals surface area contributed by atoms with Crippen molar-refractivity contribution in [2.75, 3.05) is 13.6 Å². The Morgan fingerprint density at radius 1 is 1.17 bits per heavy atom. The first-order valence-corrected chi connectivity index (χ1v) is 6.32. The first kappa shape index (κ1) is 13.0. The number of likely N-dealkylation sites (N-methyl/N-ethyl adjacent to an activating group) is 1. The monoisotopic (exact) mass is 261 g/mol. The Labute approximate surface area is 112 Å². The number of halogens is 1. The molecule has 1 aromatic carbocycles. The minimum Gasteiger partial charge on any atom is -0.319 e. The molecule has 2 rings (SSSR count). The van der Waals surface area contributed by atoms with Crippen molar-refractivity contribution in [2.45, 2.75) is 13.3 Å². The van der Waals surface area contributed by atoms with Crippen molar-refractivity contribution in [1.29, 1.82) is 0 Å². The molecule has 0 fully saturated rings. The minimum atomic E-state index is 0.736. The van der Waals surface area contributed by atoms with Crippen LogP contribution in [0.1, 0.15) is 11.5 Å². The van der Waals surface area contributed by atoms with Gasteiger partial charge in [0.2, 0.25) is 0 Å². The Morgan fingerprint density at radius 2 is 1.89 bits per heavy atom. The van der Waals surface area contributed by atoms with E-state index in [9.17, 15) is 0 Å². The summed E-state index contributed by atoms with van der Waals surface area (Å²) in [6, 6.07) is 9.70. The van der Waals surface area contributed by atoms with Gasteiger partial charge in [-0.05, 0) is 32.2 Å². The van der Waals surface area contributed by atoms with Crippen molar-refractivity contribution in [3.63, 3.8) is 0 Å². The zero-order chi connectivity index (χ0) is 13.0. The lowest BCUT2D eigenvalue weighted by molar-refractivity contribution is 0.752. The third-order valence-corrected chi connectivity index (χ3v) is 2.89. The van der Waals surface area contributed by atoms with Gasteiger partial charge in [0.05, 0.1) is 5.69 Å². The van der Waals surface area contributed by atoms with E-state index in [-0.39, 0.29) is 0 Å². The van der Waals surface area contributed by atoms with Gasteiger partial charge in [-0.3, -0.25) is 0 Å². The molecule has 0 aliphatic rings. The van der Waals surface area contributed by atoms with Gasteiger partial charge >= 0.3 is 0 Å². The van der Waals surface area contributed by atoms with Gasteiger partial charge in [-0.2, -0.15) is 0 Å². The molecule has 0 saturated carbocycles. The lowest BCUT2D eigenvalue weighted by Crippen LogP contribution is -2.12. The van der Waals surface area contributed by atoms with Gasteiger partial charge in [0.25, 0.3) is 0 Å². The second-order valence-corrected chi connectivity index (χ2v) is 4.61. The summed E-state index contributed by atoms with van der Waals surface area (Å²) in [6.07, 6.45) is 0.832. The normalized spacial score (nSPS) is 10.6. The number of hydrogen-bond acceptors (Lipinski definition) is 3. The Balaban J connectivity index is 2.32. The molecule has 94 valence electrons. The first-order valence-electron chi connectivity index (χ1n) is 5.94. The van der Waals surface area contributed by atoms with Crippen LogP contribution in [0.3, 0.4) is 0 Å². The lowest BCUT2D eigenvalue weighted by Gasteiger charge is -2.06. The molecule has 1 N–H and O–H groups in total. The quantitative estimate of drug-likeness (QED) is 0.920. The van der Waals surface area contributed by atoms with Crippen LogP contribution in [-0.4, -0.2) is 23.6 Å². The molecular weight excluding hydrogens is 246 g/mol. The number of hydrogen-bond donors (Lipinski definition) is 1. The van der Waals surface area contributed by atoms with Crippen molar-refractivity contribution in [3.8, 4) is 11.3 Å². The zero-order valence-electron chi connectivity index (χ0n) is 10.6. The molecule has 3 nitrogen and oxygen atoms in total. The van der Waals surface area contributed by atoms with E-state index >= 15 is 0 Å². The molecular formula is C14H16ClN3. The molecule has 1 aromatic heterocycles. The van der Waals surface area contributed by atoms with E-state index in [2.05, 4.69) is 15.3 Å². The number of benzene rings is 1. The maximum atomic E-state index is 5.89. The van der Waals surface area contributed by atoms with Crippen LogP contribution in [0.2, 0.25) is 5.02 Å². The second kappa shape index (κ2) is 5.94. The van der Waals surface area contributed by atoms with Gasteiger partial charge in [0.15, 0.2) is 0 Å². The molecule has 0 radical (unpaired) electrons. The Morgan fingerprint density at radius 3 is 2.56 bits per heavy atom. The summed E-state index contributed by atoms with van der Waals surface area (Å²) in [5.74, 6) is 0.870. The fraction of sp³-hybridized carbons (Fsp3) is 0.286. The Hall–Kier alpha value is -1.45. The van der Waals surface area contributed by atoms with Crippen LogP contribution in [0.15, 0.2) is 30.3 Å². The van der Waals surface area contributed by atoms with E-state index in [4.69, 9.17) is 11.6 Å². The molecule has 0 bridgehead atoms. The van der Waals surface area contributed by atoms with Crippen LogP contribution >= 0.6 is 11.6 Å². The first-order chi connectivity index (χ1) is 8.69. The van der Waals surface area contributed by atoms with E-state index in [1.165, 1.54) is 0 Å². The van der Waals surface area contributed by atoms with Gasteiger partial charge in [-0.15, -0.1) is 0 Å². The van der Waals surface area contributed by atoms with Crippen molar-refractivity contribution in [1.82, 2.24) is 15.3 Å². The molecule has 0 spiro atoms. The zero-order valence-corrected chi connectivity index (χ0v) is 11.3. The Kier molecular flexibility index (Phi) is 4.28. The smallest absolute Gasteiger partial charge is 0.130 e. The number of nitrogens with zero attached hydrogens (tertiary/aromatic N) is 2. The third kappa shape index (κ3) is 3.28. The summed E-state index contributed by atoms with van der Waals surface area (Å²) >= 11 is 5.89. The third-order valence-electron chi connectivity index (χ3n) is 2.64. The summed E-state index contributed by atoms with van der Waals surface area (Å²) < 4.78 is 0. The SMILES string of the molecule is CNCCc1nc(C)cc(-c2ccc(Cl)cc2)n1. The maximum Gasteiger partial charge on any atom is 0.130 e. The molecule has 4 heteroatoms. The highest BCUT2D eigenvalue weighted by atomic mass is 35.5. The molecule has 1 heterocycles. The predicted molar refractivity (Wildman–Crippen MR) is 74.8 cm³/mol. The van der Waals surface area contributed by atoms with Gasteiger partial charge in [-0.25, -0.2) is 9.97 Å². The largest absolute Gasteiger partial charge is 0.319 e. The maximum absolute atomic E-state index is 5.89. The fourth-order valence-corrected chi connectivity index (χ4v) is 1.87. The van der Waals surface area contributed by atoms with E-state index in [0.717, 1.165) is 40.8 Å². The number of nitrogens with one attached hydrogen (secondary N) is 1. The molecule has 0 aliphatic carbocycles. The molecule has 0 aliphatic heterocycles. The number of aryl methyl sites for hydroxylation is 1. The average molecular weight is 262 g/mol. The van der Waals surface area contributed by atoms with E-state index in [0.29, 0.717) is 0 Å². The van der Waals surface area contributed by atoms with Crippen molar-refractivity contribution < 1.29 is 0 Å². The summed E-state index contributed by atoms with van der Waals surface area (Å²) in [4.78, 5) is 9.01. The van der Waals surface area contributed by atoms with Crippen LogP contribution in [0, 0.1) is 6.92 Å². The van der Waals surface area contributed by atoms with Crippen molar-refractivity contribution in [2.24, 2.45) is 0 Å². The lowest BCUT2D eigenvalue weighted by atomic mass is 10.1. The van der Waals surface area contributed by atoms with Crippen molar-refractivity contribution >= 4 is 11.6 Å². The fourth-order valence-electron chi connectivity index (χ4n) is 1.75. The van der Waals surface area contributed by atoms with Crippen LogP contribution < -0.4 is 5.32 Å². The molecule has 0 unspecified atom stereocenters. The van der Waals surface area contributed by atoms with Crippen LogP contribution in [0.25, 0.3) is 11.3 Å². The predicted octanol–water partition coefficient (Wildman–Crippen LogP) is 2.87. The summed E-state index contributed by atoms with van der Waals surface area (Å²) in [7, 11) is 1.93. The van der Waals surface area contributed by atoms with E-state index < -0.39 is 0 Å². The van der Waals surface area contributed by atoms with Gasteiger partial charge in [0, 0.05) is 29.2 Å². The second-order valence-electron chi connectivity index (χ2n) is 4.17. The van der Waals surface area contributed by atoms with E-state index in [1.54, 1.807) is 0 Å². The summed E-state index contributed by atoms with van der Waals surface area (Å²) in [6.45, 7) is 2.87. The van der Waals surface area contributed by atoms with Gasteiger partial charge in [-0.1, -0.05) is 23.7 Å². The van der Waals surface area contributed by atoms with Crippen molar-refractivity contribution in [3.05, 3.63) is 46.9 Å². The summed E-state index contributed by atoms with van der Waals surface area (Å²) in [5.41, 5.74) is 3.00. The van der Waals surface area contributed by atoms with Crippen LogP contribution in [0.4, 0.5) is 0 Å². The van der Waals surface area contributed by atoms with E-state index in [1.807, 2.05) is 44.3 Å². The van der Waals surface area contributed by atoms with Gasteiger partial charge < -0.3 is 5.32 Å². The molecule has 0 saturated heterocycles. The minimum absolute atomic E-state index is 0.736. The molecule has 2 aromatic rings. The molecule has 0 atom stereocenters. The highest BCUT2D eigenvalue weighted by molar-refractivity contribution is 6.30. The average Bonchev–Trinajstić information content (AvgIpc) is 2.36. The highest BCUT2D eigenvalue weighted by Crippen LogP contribution is 2.20. The summed E-state index contributed by atoms with van der Waals surface area (Å²) in [5, 5.41) is 3.84. The van der Waals surface area contributed by atoms with Crippen LogP contribution in [0.5, 0.6) is 0 Å². The van der Waals surface area contributed by atoms with Gasteiger partial charge in [0.1, 0.15) is 5.82 Å². The Bertz CT molecular complexity index is 523. The standard InChI is InChI=1S/C14H16ClN3/c1-10-9-13(11-3-5-12(15)6-4-11)18-14(17-10)7-8-16-2/h3-6,9,16H,7-8H2,1-2H3.